The molecule has 2 N–H and O–H groups in total. The van der Waals surface area contributed by atoms with Crippen molar-refractivity contribution in [2.75, 3.05) is 0 Å². The van der Waals surface area contributed by atoms with Gasteiger partial charge in [-0.25, -0.2) is 0 Å². The second kappa shape index (κ2) is 3.63. The molecule has 1 amide bonds. The number of carbonyl (C=O) groups is 1. The smallest absolute Gasteiger partial charge is 0.248 e. The summed E-state index contributed by atoms with van der Waals surface area (Å²) in [5.41, 5.74) is 8.96. The molecule has 0 saturated heterocycles. The van der Waals surface area contributed by atoms with Crippen LogP contribution >= 0.6 is 0 Å². The maximum Gasteiger partial charge on any atom is 0.248 e. The molecule has 0 radical (unpaired) electrons. The predicted molar refractivity (Wildman–Crippen MR) is 64.7 cm³/mol. The van der Waals surface area contributed by atoms with Gasteiger partial charge in [-0.05, 0) is 29.3 Å². The normalized spacial score (nSPS) is 12.2. The minimum Gasteiger partial charge on any atom is -0.488 e. The minimum absolute atomic E-state index is 0.421. The van der Waals surface area contributed by atoms with Gasteiger partial charge in [0.2, 0.25) is 5.91 Å². The van der Waals surface area contributed by atoms with Crippen molar-refractivity contribution in [1.82, 2.24) is 0 Å². The number of nitrogens with two attached hydrogens (primary N) is 1. The van der Waals surface area contributed by atoms with E-state index in [0.717, 1.165) is 22.4 Å². The molecule has 0 aromatic heterocycles. The van der Waals surface area contributed by atoms with E-state index in [0.29, 0.717) is 12.2 Å². The van der Waals surface area contributed by atoms with Gasteiger partial charge in [0.25, 0.3) is 0 Å². The zero-order valence-electron chi connectivity index (χ0n) is 9.14. The van der Waals surface area contributed by atoms with Crippen LogP contribution < -0.4 is 10.5 Å². The fraction of sp³-hybridized carbons (Fsp3) is 0.0714. The Morgan fingerprint density at radius 1 is 1.12 bits per heavy atom. The molecule has 0 aliphatic carbocycles. The summed E-state index contributed by atoms with van der Waals surface area (Å²) in [6.45, 7) is 0.569. The van der Waals surface area contributed by atoms with E-state index in [1.54, 1.807) is 18.2 Å². The van der Waals surface area contributed by atoms with Crippen LogP contribution in [0.15, 0.2) is 42.5 Å². The standard InChI is InChI=1S/C14H11NO2/c15-14(16)9-5-6-13-12(7-9)11-4-2-1-3-10(11)8-17-13/h1-7H,8H2,(H2,15,16). The molecular formula is C14H11NO2. The number of carbonyl (C=O) groups excluding carboxylic acids is 1. The summed E-state index contributed by atoms with van der Waals surface area (Å²) in [7, 11) is 0. The van der Waals surface area contributed by atoms with Crippen molar-refractivity contribution in [3.8, 4) is 16.9 Å². The Balaban J connectivity index is 2.22. The van der Waals surface area contributed by atoms with Crippen molar-refractivity contribution in [3.05, 3.63) is 53.6 Å². The molecule has 3 nitrogen and oxygen atoms in total. The first-order chi connectivity index (χ1) is 8.25. The molecule has 0 atom stereocenters. The number of hydrogen-bond acceptors (Lipinski definition) is 2. The van der Waals surface area contributed by atoms with E-state index >= 15 is 0 Å². The zero-order chi connectivity index (χ0) is 11.8. The van der Waals surface area contributed by atoms with Crippen LogP contribution in [0.25, 0.3) is 11.1 Å². The molecule has 0 saturated carbocycles. The quantitative estimate of drug-likeness (QED) is 0.809. The first-order valence-electron chi connectivity index (χ1n) is 5.40. The maximum absolute atomic E-state index is 11.2. The van der Waals surface area contributed by atoms with Crippen LogP contribution in [0.3, 0.4) is 0 Å². The number of amides is 1. The molecule has 0 fully saturated rings. The molecule has 3 heteroatoms. The Labute approximate surface area is 98.8 Å². The van der Waals surface area contributed by atoms with Gasteiger partial charge in [-0.15, -0.1) is 0 Å². The van der Waals surface area contributed by atoms with Crippen LogP contribution in [-0.2, 0) is 6.61 Å². The predicted octanol–water partition coefficient (Wildman–Crippen LogP) is 2.34. The van der Waals surface area contributed by atoms with Gasteiger partial charge in [-0.1, -0.05) is 24.3 Å². The van der Waals surface area contributed by atoms with E-state index in [9.17, 15) is 4.79 Å². The fourth-order valence-corrected chi connectivity index (χ4v) is 2.08. The Kier molecular flexibility index (Phi) is 2.11. The van der Waals surface area contributed by atoms with E-state index in [-0.39, 0.29) is 0 Å². The summed E-state index contributed by atoms with van der Waals surface area (Å²) < 4.78 is 5.63. The SMILES string of the molecule is NC(=O)c1ccc2c(c1)-c1ccccc1CO2. The summed E-state index contributed by atoms with van der Waals surface area (Å²) >= 11 is 0. The molecule has 0 spiro atoms. The monoisotopic (exact) mass is 225 g/mol. The molecule has 2 aromatic carbocycles. The van der Waals surface area contributed by atoms with E-state index in [1.165, 1.54) is 0 Å². The first-order valence-corrected chi connectivity index (χ1v) is 5.40. The highest BCUT2D eigenvalue weighted by molar-refractivity contribution is 5.95. The van der Waals surface area contributed by atoms with Gasteiger partial charge in [0, 0.05) is 11.1 Å². The van der Waals surface area contributed by atoms with Crippen molar-refractivity contribution in [1.29, 1.82) is 0 Å². The number of ether oxygens (including phenoxy) is 1. The Morgan fingerprint density at radius 2 is 1.94 bits per heavy atom. The lowest BCUT2D eigenvalue weighted by Gasteiger charge is -2.20. The summed E-state index contributed by atoms with van der Waals surface area (Å²) in [6, 6.07) is 13.3. The number of benzene rings is 2. The third-order valence-corrected chi connectivity index (χ3v) is 2.95. The highest BCUT2D eigenvalue weighted by Gasteiger charge is 2.17. The molecule has 0 unspecified atom stereocenters. The number of hydrogen-bond donors (Lipinski definition) is 1. The van der Waals surface area contributed by atoms with Crippen LogP contribution in [-0.4, -0.2) is 5.91 Å². The van der Waals surface area contributed by atoms with E-state index in [4.69, 9.17) is 10.5 Å². The first kappa shape index (κ1) is 9.90. The van der Waals surface area contributed by atoms with Gasteiger partial charge >= 0.3 is 0 Å². The third-order valence-electron chi connectivity index (χ3n) is 2.95. The second-order valence-electron chi connectivity index (χ2n) is 4.02. The molecule has 1 aliphatic rings. The van der Waals surface area contributed by atoms with Crippen LogP contribution in [0.2, 0.25) is 0 Å². The van der Waals surface area contributed by atoms with Crippen molar-refractivity contribution in [2.24, 2.45) is 5.73 Å². The molecule has 1 aliphatic heterocycles. The van der Waals surface area contributed by atoms with Crippen LogP contribution in [0, 0.1) is 0 Å². The van der Waals surface area contributed by atoms with Crippen molar-refractivity contribution in [2.45, 2.75) is 6.61 Å². The Hall–Kier alpha value is -2.29. The van der Waals surface area contributed by atoms with Gasteiger partial charge in [-0.3, -0.25) is 4.79 Å². The molecule has 1 heterocycles. The number of primary amides is 1. The third kappa shape index (κ3) is 1.56. The Bertz CT molecular complexity index is 605. The molecule has 17 heavy (non-hydrogen) atoms. The summed E-state index contributed by atoms with van der Waals surface area (Å²) in [6.07, 6.45) is 0. The molecule has 84 valence electrons. The average molecular weight is 225 g/mol. The molecule has 0 bridgehead atoms. The van der Waals surface area contributed by atoms with Gasteiger partial charge in [0.15, 0.2) is 0 Å². The summed E-state index contributed by atoms with van der Waals surface area (Å²) in [5, 5.41) is 0. The lowest BCUT2D eigenvalue weighted by atomic mass is 9.95. The van der Waals surface area contributed by atoms with Gasteiger partial charge in [-0.2, -0.15) is 0 Å². The summed E-state index contributed by atoms with van der Waals surface area (Å²) in [4.78, 5) is 11.2. The highest BCUT2D eigenvalue weighted by atomic mass is 16.5. The number of fused-ring (bicyclic) bond motifs is 3. The van der Waals surface area contributed by atoms with E-state index in [2.05, 4.69) is 0 Å². The average Bonchev–Trinajstić information content (AvgIpc) is 2.38. The van der Waals surface area contributed by atoms with Gasteiger partial charge < -0.3 is 10.5 Å². The van der Waals surface area contributed by atoms with Gasteiger partial charge in [0.1, 0.15) is 12.4 Å². The van der Waals surface area contributed by atoms with Crippen LogP contribution in [0.4, 0.5) is 0 Å². The topological polar surface area (TPSA) is 52.3 Å². The maximum atomic E-state index is 11.2. The molecular weight excluding hydrogens is 214 g/mol. The van der Waals surface area contributed by atoms with E-state index in [1.807, 2.05) is 24.3 Å². The van der Waals surface area contributed by atoms with Crippen molar-refractivity contribution >= 4 is 5.91 Å². The Morgan fingerprint density at radius 3 is 2.76 bits per heavy atom. The summed E-state index contributed by atoms with van der Waals surface area (Å²) in [5.74, 6) is 0.379. The van der Waals surface area contributed by atoms with Gasteiger partial charge in [0.05, 0.1) is 0 Å². The van der Waals surface area contributed by atoms with E-state index < -0.39 is 5.91 Å². The zero-order valence-corrected chi connectivity index (χ0v) is 9.14. The second-order valence-corrected chi connectivity index (χ2v) is 4.02. The van der Waals surface area contributed by atoms with Crippen LogP contribution in [0.5, 0.6) is 5.75 Å². The van der Waals surface area contributed by atoms with Crippen molar-refractivity contribution < 1.29 is 9.53 Å². The fourth-order valence-electron chi connectivity index (χ4n) is 2.08. The van der Waals surface area contributed by atoms with Crippen molar-refractivity contribution in [3.63, 3.8) is 0 Å². The minimum atomic E-state index is -0.421. The number of rotatable bonds is 1. The lowest BCUT2D eigenvalue weighted by molar-refractivity contribution is 0.100. The lowest BCUT2D eigenvalue weighted by Crippen LogP contribution is -2.12. The largest absolute Gasteiger partial charge is 0.488 e. The molecule has 3 rings (SSSR count). The molecule has 2 aromatic rings. The highest BCUT2D eigenvalue weighted by Crippen LogP contribution is 2.37. The van der Waals surface area contributed by atoms with Crippen LogP contribution in [0.1, 0.15) is 15.9 Å².